The fourth-order valence-corrected chi connectivity index (χ4v) is 1.57. The van der Waals surface area contributed by atoms with E-state index < -0.39 is 12.1 Å². The van der Waals surface area contributed by atoms with Crippen molar-refractivity contribution in [2.45, 2.75) is 13.0 Å². The van der Waals surface area contributed by atoms with Gasteiger partial charge in [-0.2, -0.15) is 0 Å². The molecular formula is C11H10O4. The van der Waals surface area contributed by atoms with Gasteiger partial charge >= 0.3 is 5.97 Å². The molecule has 1 aromatic heterocycles. The second-order valence-electron chi connectivity index (χ2n) is 3.33. The summed E-state index contributed by atoms with van der Waals surface area (Å²) in [6.07, 6.45) is -1.60. The lowest BCUT2D eigenvalue weighted by Crippen LogP contribution is -2.10. The van der Waals surface area contributed by atoms with E-state index in [1.54, 1.807) is 19.1 Å². The van der Waals surface area contributed by atoms with Crippen LogP contribution in [0.3, 0.4) is 0 Å². The summed E-state index contributed by atoms with van der Waals surface area (Å²) in [5, 5.41) is 18.9. The molecule has 0 aliphatic rings. The van der Waals surface area contributed by atoms with Crippen LogP contribution in [0.2, 0.25) is 0 Å². The normalized spacial score (nSPS) is 12.9. The number of aryl methyl sites for hydroxylation is 1. The number of fused-ring (bicyclic) bond motifs is 1. The molecule has 0 aliphatic carbocycles. The molecule has 15 heavy (non-hydrogen) atoms. The summed E-state index contributed by atoms with van der Waals surface area (Å²) in [7, 11) is 0. The molecule has 1 atom stereocenters. The van der Waals surface area contributed by atoms with Gasteiger partial charge in [-0.25, -0.2) is 4.79 Å². The summed E-state index contributed by atoms with van der Waals surface area (Å²) in [6, 6.07) is 7.19. The summed E-state index contributed by atoms with van der Waals surface area (Å²) >= 11 is 0. The Morgan fingerprint density at radius 1 is 1.40 bits per heavy atom. The van der Waals surface area contributed by atoms with Crippen molar-refractivity contribution in [3.63, 3.8) is 0 Å². The molecule has 0 fully saturated rings. The van der Waals surface area contributed by atoms with E-state index in [1.807, 2.05) is 12.1 Å². The number of carbonyl (C=O) groups is 1. The number of aliphatic hydroxyl groups is 1. The fraction of sp³-hybridized carbons (Fsp3) is 0.182. The van der Waals surface area contributed by atoms with Crippen LogP contribution in [0.25, 0.3) is 11.0 Å². The zero-order chi connectivity index (χ0) is 11.0. The van der Waals surface area contributed by atoms with E-state index >= 15 is 0 Å². The molecule has 2 rings (SSSR count). The first-order valence-electron chi connectivity index (χ1n) is 4.50. The lowest BCUT2D eigenvalue weighted by atomic mass is 10.1. The molecule has 1 heterocycles. The highest BCUT2D eigenvalue weighted by Crippen LogP contribution is 2.29. The average molecular weight is 206 g/mol. The largest absolute Gasteiger partial charge is 0.479 e. The number of benzene rings is 1. The smallest absolute Gasteiger partial charge is 0.340 e. The number of carboxylic acid groups (broad SMARTS) is 1. The number of aliphatic carboxylic acids is 1. The van der Waals surface area contributed by atoms with Crippen molar-refractivity contribution in [2.24, 2.45) is 0 Å². The lowest BCUT2D eigenvalue weighted by Gasteiger charge is -2.01. The SMILES string of the molecule is Cc1c(C(O)C(=O)O)oc2ccccc12. The first-order valence-corrected chi connectivity index (χ1v) is 4.50. The van der Waals surface area contributed by atoms with Crippen molar-refractivity contribution in [1.82, 2.24) is 0 Å². The monoisotopic (exact) mass is 206 g/mol. The highest BCUT2D eigenvalue weighted by Gasteiger charge is 2.23. The van der Waals surface area contributed by atoms with Gasteiger partial charge in [-0.1, -0.05) is 18.2 Å². The van der Waals surface area contributed by atoms with Gasteiger partial charge in [0.1, 0.15) is 11.3 Å². The van der Waals surface area contributed by atoms with Crippen LogP contribution >= 0.6 is 0 Å². The quantitative estimate of drug-likeness (QED) is 0.786. The molecule has 0 bridgehead atoms. The molecule has 0 saturated carbocycles. The Kier molecular flexibility index (Phi) is 2.21. The van der Waals surface area contributed by atoms with Crippen molar-refractivity contribution >= 4 is 16.9 Å². The number of aliphatic hydroxyl groups excluding tert-OH is 1. The zero-order valence-corrected chi connectivity index (χ0v) is 8.10. The number of para-hydroxylation sites is 1. The molecule has 2 N–H and O–H groups in total. The minimum absolute atomic E-state index is 0.101. The number of rotatable bonds is 2. The van der Waals surface area contributed by atoms with Crippen molar-refractivity contribution in [3.05, 3.63) is 35.6 Å². The van der Waals surface area contributed by atoms with Gasteiger partial charge in [0.25, 0.3) is 0 Å². The summed E-state index contributed by atoms with van der Waals surface area (Å²) < 4.78 is 5.29. The van der Waals surface area contributed by atoms with Gasteiger partial charge < -0.3 is 14.6 Å². The Labute approximate surface area is 85.8 Å². The second-order valence-corrected chi connectivity index (χ2v) is 3.33. The molecular weight excluding hydrogens is 196 g/mol. The summed E-state index contributed by atoms with van der Waals surface area (Å²) in [5.41, 5.74) is 1.26. The van der Waals surface area contributed by atoms with Crippen LogP contribution in [-0.4, -0.2) is 16.2 Å². The molecule has 2 aromatic rings. The maximum Gasteiger partial charge on any atom is 0.340 e. The van der Waals surface area contributed by atoms with Gasteiger partial charge in [-0.15, -0.1) is 0 Å². The van der Waals surface area contributed by atoms with Crippen LogP contribution < -0.4 is 0 Å². The van der Waals surface area contributed by atoms with E-state index in [4.69, 9.17) is 9.52 Å². The van der Waals surface area contributed by atoms with Crippen LogP contribution in [0, 0.1) is 6.92 Å². The van der Waals surface area contributed by atoms with Gasteiger partial charge in [-0.3, -0.25) is 0 Å². The zero-order valence-electron chi connectivity index (χ0n) is 8.10. The molecule has 4 nitrogen and oxygen atoms in total. The number of hydrogen-bond donors (Lipinski definition) is 2. The molecule has 0 amide bonds. The second kappa shape index (κ2) is 3.40. The Morgan fingerprint density at radius 2 is 2.07 bits per heavy atom. The topological polar surface area (TPSA) is 70.7 Å². The third-order valence-electron chi connectivity index (χ3n) is 2.36. The predicted molar refractivity (Wildman–Crippen MR) is 53.5 cm³/mol. The van der Waals surface area contributed by atoms with Crippen molar-refractivity contribution in [1.29, 1.82) is 0 Å². The van der Waals surface area contributed by atoms with Gasteiger partial charge in [0.2, 0.25) is 6.10 Å². The summed E-state index contributed by atoms with van der Waals surface area (Å²) in [6.45, 7) is 1.73. The molecule has 4 heteroatoms. The van der Waals surface area contributed by atoms with E-state index in [0.717, 1.165) is 5.39 Å². The molecule has 0 aliphatic heterocycles. The van der Waals surface area contributed by atoms with E-state index in [1.165, 1.54) is 0 Å². The number of furan rings is 1. The van der Waals surface area contributed by atoms with Crippen LogP contribution in [-0.2, 0) is 4.79 Å². The summed E-state index contributed by atoms with van der Waals surface area (Å²) in [4.78, 5) is 10.6. The van der Waals surface area contributed by atoms with Gasteiger partial charge in [0.15, 0.2) is 0 Å². The van der Waals surface area contributed by atoms with Crippen LogP contribution in [0.15, 0.2) is 28.7 Å². The standard InChI is InChI=1S/C11H10O4/c1-6-7-4-2-3-5-8(7)15-10(6)9(12)11(13)14/h2-5,9,12H,1H3,(H,13,14). The minimum atomic E-state index is -1.60. The molecule has 1 unspecified atom stereocenters. The third-order valence-corrected chi connectivity index (χ3v) is 2.36. The number of hydrogen-bond acceptors (Lipinski definition) is 3. The van der Waals surface area contributed by atoms with E-state index in [9.17, 15) is 9.90 Å². The van der Waals surface area contributed by atoms with Crippen molar-refractivity contribution in [2.75, 3.05) is 0 Å². The number of carboxylic acids is 1. The lowest BCUT2D eigenvalue weighted by molar-refractivity contribution is -0.147. The fourth-order valence-electron chi connectivity index (χ4n) is 1.57. The van der Waals surface area contributed by atoms with Gasteiger partial charge in [0.05, 0.1) is 0 Å². The predicted octanol–water partition coefficient (Wildman–Crippen LogP) is 1.86. The van der Waals surface area contributed by atoms with Gasteiger partial charge in [0, 0.05) is 10.9 Å². The summed E-state index contributed by atoms with van der Waals surface area (Å²) in [5.74, 6) is -1.21. The Balaban J connectivity index is 2.63. The van der Waals surface area contributed by atoms with Crippen molar-refractivity contribution in [3.8, 4) is 0 Å². The molecule has 1 aromatic carbocycles. The minimum Gasteiger partial charge on any atom is -0.479 e. The van der Waals surface area contributed by atoms with Crippen LogP contribution in [0.1, 0.15) is 17.4 Å². The molecule has 0 radical (unpaired) electrons. The Bertz CT molecular complexity index is 512. The van der Waals surface area contributed by atoms with Crippen LogP contribution in [0.5, 0.6) is 0 Å². The maximum absolute atomic E-state index is 10.6. The first kappa shape index (κ1) is 9.73. The maximum atomic E-state index is 10.6. The Morgan fingerprint density at radius 3 is 2.67 bits per heavy atom. The van der Waals surface area contributed by atoms with Crippen LogP contribution in [0.4, 0.5) is 0 Å². The Hall–Kier alpha value is -1.81. The molecule has 78 valence electrons. The average Bonchev–Trinajstić information content (AvgIpc) is 2.56. The van der Waals surface area contributed by atoms with E-state index in [-0.39, 0.29) is 5.76 Å². The first-order chi connectivity index (χ1) is 7.11. The highest BCUT2D eigenvalue weighted by atomic mass is 16.4. The third kappa shape index (κ3) is 1.49. The highest BCUT2D eigenvalue weighted by molar-refractivity contribution is 5.84. The van der Waals surface area contributed by atoms with E-state index in [2.05, 4.69) is 0 Å². The van der Waals surface area contributed by atoms with Crippen molar-refractivity contribution < 1.29 is 19.4 Å². The molecule has 0 spiro atoms. The van der Waals surface area contributed by atoms with E-state index in [0.29, 0.717) is 11.1 Å². The van der Waals surface area contributed by atoms with Gasteiger partial charge in [-0.05, 0) is 13.0 Å². The molecule has 0 saturated heterocycles.